The first-order valence-corrected chi connectivity index (χ1v) is 4.62. The third-order valence-corrected chi connectivity index (χ3v) is 2.59. The molecule has 13 heavy (non-hydrogen) atoms. The van der Waals surface area contributed by atoms with Crippen molar-refractivity contribution in [3.8, 4) is 0 Å². The Morgan fingerprint density at radius 2 is 2.15 bits per heavy atom. The molecule has 0 N–H and O–H groups in total. The van der Waals surface area contributed by atoms with E-state index in [1.165, 1.54) is 6.92 Å². The minimum absolute atomic E-state index is 0.182. The molecule has 3 heteroatoms. The highest BCUT2D eigenvalue weighted by Gasteiger charge is 2.35. The fourth-order valence-corrected chi connectivity index (χ4v) is 1.58. The number of rotatable bonds is 1. The third kappa shape index (κ3) is 2.54. The van der Waals surface area contributed by atoms with Crippen molar-refractivity contribution < 1.29 is 14.3 Å². The van der Waals surface area contributed by atoms with Crippen molar-refractivity contribution in [3.05, 3.63) is 0 Å². The van der Waals surface area contributed by atoms with Crippen LogP contribution in [0.5, 0.6) is 0 Å². The maximum absolute atomic E-state index is 11.5. The molecule has 1 rings (SSSR count). The second-order valence-electron chi connectivity index (χ2n) is 4.28. The van der Waals surface area contributed by atoms with Gasteiger partial charge in [0.1, 0.15) is 11.9 Å². The van der Waals surface area contributed by atoms with Gasteiger partial charge in [-0.05, 0) is 12.8 Å². The predicted molar refractivity (Wildman–Crippen MR) is 48.2 cm³/mol. The van der Waals surface area contributed by atoms with Gasteiger partial charge in [-0.3, -0.25) is 9.59 Å². The van der Waals surface area contributed by atoms with Gasteiger partial charge in [0.15, 0.2) is 0 Å². The second kappa shape index (κ2) is 3.48. The van der Waals surface area contributed by atoms with Crippen LogP contribution < -0.4 is 0 Å². The summed E-state index contributed by atoms with van der Waals surface area (Å²) >= 11 is 0. The van der Waals surface area contributed by atoms with Crippen molar-refractivity contribution in [3.63, 3.8) is 0 Å². The Morgan fingerprint density at radius 1 is 1.54 bits per heavy atom. The molecule has 1 saturated carbocycles. The predicted octanol–water partition coefficient (Wildman–Crippen LogP) is 1.70. The van der Waals surface area contributed by atoms with Crippen LogP contribution in [0, 0.1) is 5.41 Å². The zero-order chi connectivity index (χ0) is 10.1. The van der Waals surface area contributed by atoms with Gasteiger partial charge in [-0.2, -0.15) is 0 Å². The zero-order valence-corrected chi connectivity index (χ0v) is 8.42. The van der Waals surface area contributed by atoms with Crippen LogP contribution in [0.25, 0.3) is 0 Å². The first-order valence-electron chi connectivity index (χ1n) is 4.62. The number of ketones is 1. The Bertz CT molecular complexity index is 230. The van der Waals surface area contributed by atoms with Crippen molar-refractivity contribution in [1.82, 2.24) is 0 Å². The van der Waals surface area contributed by atoms with Gasteiger partial charge in [-0.25, -0.2) is 0 Å². The van der Waals surface area contributed by atoms with E-state index in [2.05, 4.69) is 0 Å². The molecule has 0 radical (unpaired) electrons. The molecule has 0 saturated heterocycles. The van der Waals surface area contributed by atoms with Gasteiger partial charge < -0.3 is 4.74 Å². The summed E-state index contributed by atoms with van der Waals surface area (Å²) in [5.41, 5.74) is -0.226. The number of carbonyl (C=O) groups excluding carboxylic acids is 2. The summed E-state index contributed by atoms with van der Waals surface area (Å²) in [6.07, 6.45) is 1.81. The monoisotopic (exact) mass is 185 g/mol. The lowest BCUT2D eigenvalue weighted by molar-refractivity contribution is -0.151. The Kier molecular flexibility index (Phi) is 2.74. The fourth-order valence-electron chi connectivity index (χ4n) is 1.58. The number of esters is 1. The topological polar surface area (TPSA) is 43.4 Å². The van der Waals surface area contributed by atoms with Gasteiger partial charge in [-0.15, -0.1) is 0 Å². The van der Waals surface area contributed by atoms with E-state index in [1.807, 2.05) is 13.8 Å². The highest BCUT2D eigenvalue weighted by atomic mass is 16.5. The number of hydrogen-bond acceptors (Lipinski definition) is 3. The third-order valence-electron chi connectivity index (χ3n) is 2.59. The lowest BCUT2D eigenvalue weighted by atomic mass is 9.79. The Balaban J connectivity index is 2.51. The molecule has 0 unspecified atom stereocenters. The van der Waals surface area contributed by atoms with Gasteiger partial charge >= 0.3 is 5.97 Å². The second-order valence-corrected chi connectivity index (χ2v) is 4.28. The minimum Gasteiger partial charge on any atom is -0.462 e. The van der Waals surface area contributed by atoms with Crippen LogP contribution in [0.15, 0.2) is 0 Å². The molecular weight excluding hydrogens is 169 g/mol. The molecule has 1 aliphatic rings. The van der Waals surface area contributed by atoms with Crippen LogP contribution in [0.3, 0.4) is 0 Å². The lowest BCUT2D eigenvalue weighted by Gasteiger charge is -2.32. The van der Waals surface area contributed by atoms with Gasteiger partial charge in [0.2, 0.25) is 0 Å². The number of hydrogen-bond donors (Lipinski definition) is 0. The van der Waals surface area contributed by atoms with Crippen molar-refractivity contribution in [2.75, 3.05) is 0 Å². The molecule has 0 amide bonds. The molecule has 1 aliphatic carbocycles. The van der Waals surface area contributed by atoms with E-state index in [-0.39, 0.29) is 23.3 Å². The molecule has 1 fully saturated rings. The Labute approximate surface area is 78.5 Å². The average Bonchev–Trinajstić information content (AvgIpc) is 1.97. The molecule has 0 bridgehead atoms. The summed E-state index contributed by atoms with van der Waals surface area (Å²) in [4.78, 5) is 22.2. The van der Waals surface area contributed by atoms with Gasteiger partial charge in [0.25, 0.3) is 0 Å². The molecule has 74 valence electrons. The molecular formula is C10H16O3. The van der Waals surface area contributed by atoms with E-state index < -0.39 is 0 Å². The first kappa shape index (κ1) is 10.2. The summed E-state index contributed by atoms with van der Waals surface area (Å²) in [7, 11) is 0. The average molecular weight is 185 g/mol. The highest BCUT2D eigenvalue weighted by Crippen LogP contribution is 2.33. The molecule has 0 aromatic carbocycles. The van der Waals surface area contributed by atoms with Crippen LogP contribution in [-0.2, 0) is 14.3 Å². The van der Waals surface area contributed by atoms with Gasteiger partial charge in [0, 0.05) is 18.8 Å². The maximum atomic E-state index is 11.5. The van der Waals surface area contributed by atoms with Crippen molar-refractivity contribution >= 4 is 11.8 Å². The fraction of sp³-hybridized carbons (Fsp3) is 0.800. The summed E-state index contributed by atoms with van der Waals surface area (Å²) < 4.78 is 5.00. The van der Waals surface area contributed by atoms with Gasteiger partial charge in [0.05, 0.1) is 0 Å². The van der Waals surface area contributed by atoms with Gasteiger partial charge in [-0.1, -0.05) is 13.8 Å². The van der Waals surface area contributed by atoms with E-state index in [1.54, 1.807) is 0 Å². The summed E-state index contributed by atoms with van der Waals surface area (Å²) in [5.74, 6) is -0.0949. The maximum Gasteiger partial charge on any atom is 0.302 e. The lowest BCUT2D eigenvalue weighted by Crippen LogP contribution is -2.36. The van der Waals surface area contributed by atoms with E-state index in [0.717, 1.165) is 12.8 Å². The van der Waals surface area contributed by atoms with E-state index >= 15 is 0 Å². The first-order chi connectivity index (χ1) is 5.92. The van der Waals surface area contributed by atoms with Crippen LogP contribution in [0.1, 0.15) is 40.0 Å². The van der Waals surface area contributed by atoms with E-state index in [9.17, 15) is 9.59 Å². The van der Waals surface area contributed by atoms with Crippen LogP contribution in [0.4, 0.5) is 0 Å². The molecule has 0 aromatic rings. The molecule has 2 atom stereocenters. The van der Waals surface area contributed by atoms with Crippen molar-refractivity contribution in [2.45, 2.75) is 46.1 Å². The number of ether oxygens (including phenoxy) is 1. The number of carbonyl (C=O) groups is 2. The van der Waals surface area contributed by atoms with Crippen LogP contribution >= 0.6 is 0 Å². The SMILES string of the molecule is CC(=O)O[C@@H]1CC[C@](C)([13CH3])C(=O)C1. The molecule has 0 aliphatic heterocycles. The molecule has 0 spiro atoms. The smallest absolute Gasteiger partial charge is 0.302 e. The molecule has 0 aromatic heterocycles. The summed E-state index contributed by atoms with van der Waals surface area (Å²) in [5, 5.41) is 0. The molecule has 3 nitrogen and oxygen atoms in total. The Hall–Kier alpha value is -0.860. The summed E-state index contributed by atoms with van der Waals surface area (Å²) in [6.45, 7) is 5.27. The quantitative estimate of drug-likeness (QED) is 0.461. The van der Waals surface area contributed by atoms with Crippen LogP contribution in [-0.4, -0.2) is 17.9 Å². The van der Waals surface area contributed by atoms with Crippen molar-refractivity contribution in [2.24, 2.45) is 5.41 Å². The Morgan fingerprint density at radius 3 is 2.62 bits per heavy atom. The minimum atomic E-state index is -0.294. The number of Topliss-reactive ketones (excluding diaryl/α,β-unsaturated/α-hetero) is 1. The highest BCUT2D eigenvalue weighted by molar-refractivity contribution is 5.85. The van der Waals surface area contributed by atoms with E-state index in [4.69, 9.17) is 4.74 Å². The normalized spacial score (nSPS) is 34.4. The standard InChI is InChI=1S/C10H16O3/c1-7(11)13-8-4-5-10(2,3)9(12)6-8/h8H,4-6H2,1-3H3/t8-/m1/s1/i2+1/t8-,10-. The van der Waals surface area contributed by atoms with Crippen LogP contribution in [0.2, 0.25) is 0 Å². The van der Waals surface area contributed by atoms with Crippen molar-refractivity contribution in [1.29, 1.82) is 0 Å². The largest absolute Gasteiger partial charge is 0.462 e. The zero-order valence-electron chi connectivity index (χ0n) is 8.42. The molecule has 0 heterocycles. The summed E-state index contributed by atoms with van der Waals surface area (Å²) in [6, 6.07) is 0. The van der Waals surface area contributed by atoms with E-state index in [0.29, 0.717) is 6.42 Å².